The van der Waals surface area contributed by atoms with Crippen LogP contribution in [0.1, 0.15) is 10.5 Å². The molecule has 2 aromatic carbocycles. The Morgan fingerprint density at radius 1 is 0.846 bits per heavy atom. The molecular formula is C20H14N4O2. The number of carbonyl (C=O) groups is 1. The lowest BCUT2D eigenvalue weighted by Crippen LogP contribution is -2.15. The SMILES string of the molecule is O=C(Nc1cccnc1Oc1ccccc1)c1cnc2ccccc2n1. The van der Waals surface area contributed by atoms with E-state index in [4.69, 9.17) is 4.74 Å². The van der Waals surface area contributed by atoms with Crippen molar-refractivity contribution in [3.8, 4) is 11.6 Å². The fourth-order valence-corrected chi connectivity index (χ4v) is 2.42. The molecule has 0 fully saturated rings. The van der Waals surface area contributed by atoms with Crippen LogP contribution in [0.3, 0.4) is 0 Å². The van der Waals surface area contributed by atoms with Crippen LogP contribution in [0.2, 0.25) is 0 Å². The van der Waals surface area contributed by atoms with Crippen LogP contribution in [0.25, 0.3) is 11.0 Å². The number of hydrogen-bond acceptors (Lipinski definition) is 5. The lowest BCUT2D eigenvalue weighted by Gasteiger charge is -2.10. The van der Waals surface area contributed by atoms with Gasteiger partial charge in [0.15, 0.2) is 0 Å². The Balaban J connectivity index is 1.59. The highest BCUT2D eigenvalue weighted by Gasteiger charge is 2.13. The number of aromatic nitrogens is 3. The average Bonchev–Trinajstić information content (AvgIpc) is 2.70. The van der Waals surface area contributed by atoms with Crippen LogP contribution in [-0.4, -0.2) is 20.9 Å². The minimum absolute atomic E-state index is 0.221. The van der Waals surface area contributed by atoms with Crippen LogP contribution in [0.15, 0.2) is 79.1 Å². The van der Waals surface area contributed by atoms with Crippen LogP contribution in [0, 0.1) is 0 Å². The highest BCUT2D eigenvalue weighted by Crippen LogP contribution is 2.26. The number of anilines is 1. The van der Waals surface area contributed by atoms with E-state index in [1.807, 2.05) is 54.6 Å². The van der Waals surface area contributed by atoms with Gasteiger partial charge >= 0.3 is 0 Å². The van der Waals surface area contributed by atoms with E-state index in [0.29, 0.717) is 22.8 Å². The molecule has 26 heavy (non-hydrogen) atoms. The predicted octanol–water partition coefficient (Wildman–Crippen LogP) is 4.07. The first kappa shape index (κ1) is 15.7. The average molecular weight is 342 g/mol. The Morgan fingerprint density at radius 3 is 2.46 bits per heavy atom. The Hall–Kier alpha value is -3.80. The largest absolute Gasteiger partial charge is 0.437 e. The van der Waals surface area contributed by atoms with Crippen molar-refractivity contribution in [1.29, 1.82) is 0 Å². The second kappa shape index (κ2) is 6.98. The van der Waals surface area contributed by atoms with Crippen LogP contribution in [0.4, 0.5) is 5.69 Å². The number of benzene rings is 2. The molecule has 0 unspecified atom stereocenters. The lowest BCUT2D eigenvalue weighted by atomic mass is 10.3. The van der Waals surface area contributed by atoms with Gasteiger partial charge < -0.3 is 10.1 Å². The molecule has 0 saturated heterocycles. The summed E-state index contributed by atoms with van der Waals surface area (Å²) in [5.41, 5.74) is 2.07. The zero-order valence-corrected chi connectivity index (χ0v) is 13.7. The molecule has 6 nitrogen and oxygen atoms in total. The summed E-state index contributed by atoms with van der Waals surface area (Å²) in [5.74, 6) is 0.558. The van der Waals surface area contributed by atoms with Gasteiger partial charge in [-0.05, 0) is 36.4 Å². The molecule has 2 aromatic heterocycles. The van der Waals surface area contributed by atoms with E-state index in [9.17, 15) is 4.79 Å². The molecule has 0 radical (unpaired) electrons. The minimum atomic E-state index is -0.380. The fraction of sp³-hybridized carbons (Fsp3) is 0. The molecule has 0 aliphatic heterocycles. The summed E-state index contributed by atoms with van der Waals surface area (Å²) in [4.78, 5) is 25.4. The highest BCUT2D eigenvalue weighted by atomic mass is 16.5. The Labute approximate surface area is 149 Å². The van der Waals surface area contributed by atoms with Crippen molar-refractivity contribution in [3.05, 3.63) is 84.8 Å². The summed E-state index contributed by atoms with van der Waals surface area (Å²) < 4.78 is 5.75. The molecule has 0 bridgehead atoms. The fourth-order valence-electron chi connectivity index (χ4n) is 2.42. The molecule has 1 amide bonds. The molecule has 1 N–H and O–H groups in total. The highest BCUT2D eigenvalue weighted by molar-refractivity contribution is 6.04. The van der Waals surface area contributed by atoms with Gasteiger partial charge in [-0.25, -0.2) is 9.97 Å². The summed E-state index contributed by atoms with van der Waals surface area (Å²) in [7, 11) is 0. The maximum absolute atomic E-state index is 12.6. The van der Waals surface area contributed by atoms with E-state index in [2.05, 4.69) is 20.3 Å². The van der Waals surface area contributed by atoms with Gasteiger partial charge in [-0.15, -0.1) is 0 Å². The summed E-state index contributed by atoms with van der Waals surface area (Å²) >= 11 is 0. The van der Waals surface area contributed by atoms with Gasteiger partial charge in [-0.3, -0.25) is 9.78 Å². The van der Waals surface area contributed by atoms with Gasteiger partial charge in [-0.2, -0.15) is 0 Å². The zero-order chi connectivity index (χ0) is 17.8. The second-order valence-corrected chi connectivity index (χ2v) is 5.47. The van der Waals surface area contributed by atoms with E-state index >= 15 is 0 Å². The van der Waals surface area contributed by atoms with Crippen molar-refractivity contribution in [2.24, 2.45) is 0 Å². The Kier molecular flexibility index (Phi) is 4.22. The molecule has 0 atom stereocenters. The quantitative estimate of drug-likeness (QED) is 0.605. The number of amides is 1. The number of carbonyl (C=O) groups excluding carboxylic acids is 1. The molecule has 0 aliphatic carbocycles. The maximum atomic E-state index is 12.6. The minimum Gasteiger partial charge on any atom is -0.437 e. The van der Waals surface area contributed by atoms with Crippen LogP contribution in [-0.2, 0) is 0 Å². The Morgan fingerprint density at radius 2 is 1.62 bits per heavy atom. The van der Waals surface area contributed by atoms with E-state index in [0.717, 1.165) is 5.52 Å². The van der Waals surface area contributed by atoms with Crippen molar-refractivity contribution >= 4 is 22.6 Å². The molecule has 126 valence electrons. The normalized spacial score (nSPS) is 10.5. The molecule has 0 aliphatic rings. The summed E-state index contributed by atoms with van der Waals surface area (Å²) in [6.07, 6.45) is 3.05. The van der Waals surface area contributed by atoms with Crippen LogP contribution in [0.5, 0.6) is 11.6 Å². The van der Waals surface area contributed by atoms with Gasteiger partial charge in [0, 0.05) is 6.20 Å². The number of nitrogens with zero attached hydrogens (tertiary/aromatic N) is 3. The van der Waals surface area contributed by atoms with Crippen molar-refractivity contribution in [3.63, 3.8) is 0 Å². The first-order valence-electron chi connectivity index (χ1n) is 8.01. The smallest absolute Gasteiger partial charge is 0.276 e. The molecule has 0 saturated carbocycles. The van der Waals surface area contributed by atoms with Crippen molar-refractivity contribution in [2.75, 3.05) is 5.32 Å². The predicted molar refractivity (Wildman–Crippen MR) is 98.2 cm³/mol. The van der Waals surface area contributed by atoms with Crippen LogP contribution >= 0.6 is 0 Å². The zero-order valence-electron chi connectivity index (χ0n) is 13.7. The second-order valence-electron chi connectivity index (χ2n) is 5.47. The number of hydrogen-bond donors (Lipinski definition) is 1. The number of rotatable bonds is 4. The van der Waals surface area contributed by atoms with Gasteiger partial charge in [0.1, 0.15) is 17.1 Å². The number of ether oxygens (including phenoxy) is 1. The van der Waals surface area contributed by atoms with Gasteiger partial charge in [0.05, 0.1) is 17.2 Å². The standard InChI is InChI=1S/C20H14N4O2/c25-19(18-13-22-15-9-4-5-10-16(15)23-18)24-17-11-6-12-21-20(17)26-14-7-2-1-3-8-14/h1-13H,(H,24,25). The van der Waals surface area contributed by atoms with E-state index in [1.165, 1.54) is 6.20 Å². The monoisotopic (exact) mass is 342 g/mol. The summed E-state index contributed by atoms with van der Waals surface area (Å²) in [5, 5.41) is 2.78. The van der Waals surface area contributed by atoms with Crippen LogP contribution < -0.4 is 10.1 Å². The first-order chi connectivity index (χ1) is 12.8. The molecule has 4 aromatic rings. The molecule has 0 spiro atoms. The number of pyridine rings is 1. The third kappa shape index (κ3) is 3.34. The van der Waals surface area contributed by atoms with E-state index in [1.54, 1.807) is 18.3 Å². The lowest BCUT2D eigenvalue weighted by molar-refractivity contribution is 0.102. The molecule has 2 heterocycles. The summed E-state index contributed by atoms with van der Waals surface area (Å²) in [6.45, 7) is 0. The molecular weight excluding hydrogens is 328 g/mol. The van der Waals surface area contributed by atoms with Gasteiger partial charge in [0.2, 0.25) is 5.88 Å². The number of para-hydroxylation sites is 3. The van der Waals surface area contributed by atoms with E-state index < -0.39 is 0 Å². The van der Waals surface area contributed by atoms with E-state index in [-0.39, 0.29) is 11.6 Å². The van der Waals surface area contributed by atoms with Crippen molar-refractivity contribution < 1.29 is 9.53 Å². The first-order valence-corrected chi connectivity index (χ1v) is 8.01. The van der Waals surface area contributed by atoms with Gasteiger partial charge in [-0.1, -0.05) is 30.3 Å². The number of nitrogens with one attached hydrogen (secondary N) is 1. The van der Waals surface area contributed by atoms with Crippen molar-refractivity contribution in [2.45, 2.75) is 0 Å². The van der Waals surface area contributed by atoms with Crippen molar-refractivity contribution in [1.82, 2.24) is 15.0 Å². The topological polar surface area (TPSA) is 77.0 Å². The third-order valence-electron chi connectivity index (χ3n) is 3.66. The van der Waals surface area contributed by atoms with Gasteiger partial charge in [0.25, 0.3) is 5.91 Å². The molecule has 6 heteroatoms. The maximum Gasteiger partial charge on any atom is 0.276 e. The summed E-state index contributed by atoms with van der Waals surface area (Å²) in [6, 6.07) is 20.1. The third-order valence-corrected chi connectivity index (χ3v) is 3.66. The Bertz CT molecular complexity index is 1070. The molecule has 4 rings (SSSR count). The number of fused-ring (bicyclic) bond motifs is 1.